The highest BCUT2D eigenvalue weighted by Crippen LogP contribution is 2.38. The summed E-state index contributed by atoms with van der Waals surface area (Å²) in [5.41, 5.74) is 8.11. The molecule has 0 saturated heterocycles. The Labute approximate surface area is 134 Å². The zero-order valence-corrected chi connectivity index (χ0v) is 13.9. The number of halogens is 1. The summed E-state index contributed by atoms with van der Waals surface area (Å²) < 4.78 is 0. The molecule has 4 heteroatoms. The van der Waals surface area contributed by atoms with E-state index in [1.807, 2.05) is 11.9 Å². The molecule has 0 aromatic heterocycles. The summed E-state index contributed by atoms with van der Waals surface area (Å²) in [6, 6.07) is 8.52. The quantitative estimate of drug-likeness (QED) is 0.908. The lowest BCUT2D eigenvalue weighted by molar-refractivity contribution is -0.140. The van der Waals surface area contributed by atoms with Crippen molar-refractivity contribution < 1.29 is 4.79 Å². The van der Waals surface area contributed by atoms with Crippen molar-refractivity contribution in [3.8, 4) is 0 Å². The average Bonchev–Trinajstić information content (AvgIpc) is 2.97. The second-order valence-electron chi connectivity index (χ2n) is 6.02. The Morgan fingerprint density at radius 3 is 2.19 bits per heavy atom. The third-order valence-electron chi connectivity index (χ3n) is 4.60. The molecule has 0 spiro atoms. The van der Waals surface area contributed by atoms with Crippen molar-refractivity contribution in [2.75, 3.05) is 13.6 Å². The van der Waals surface area contributed by atoms with Crippen molar-refractivity contribution in [3.05, 3.63) is 35.4 Å². The minimum absolute atomic E-state index is 0. The third-order valence-corrected chi connectivity index (χ3v) is 4.60. The minimum atomic E-state index is -0.294. The number of hydrogen-bond donors (Lipinski definition) is 1. The van der Waals surface area contributed by atoms with E-state index in [4.69, 9.17) is 5.73 Å². The summed E-state index contributed by atoms with van der Waals surface area (Å²) in [6.45, 7) is 3.30. The maximum Gasteiger partial charge on any atom is 0.230 e. The first kappa shape index (κ1) is 18.0. The molecular formula is C17H27ClN2O. The van der Waals surface area contributed by atoms with E-state index >= 15 is 0 Å². The van der Waals surface area contributed by atoms with Crippen molar-refractivity contribution in [1.29, 1.82) is 0 Å². The highest BCUT2D eigenvalue weighted by atomic mass is 35.5. The summed E-state index contributed by atoms with van der Waals surface area (Å²) in [4.78, 5) is 14.5. The monoisotopic (exact) mass is 310 g/mol. The Morgan fingerprint density at radius 1 is 1.19 bits per heavy atom. The van der Waals surface area contributed by atoms with Crippen LogP contribution in [-0.4, -0.2) is 24.4 Å². The Kier molecular flexibility index (Phi) is 6.69. The molecule has 3 nitrogen and oxygen atoms in total. The maximum absolute atomic E-state index is 12.7. The van der Waals surface area contributed by atoms with Gasteiger partial charge in [-0.2, -0.15) is 0 Å². The van der Waals surface area contributed by atoms with Crippen LogP contribution in [0.2, 0.25) is 0 Å². The fourth-order valence-electron chi connectivity index (χ4n) is 3.19. The normalized spacial score (nSPS) is 16.3. The van der Waals surface area contributed by atoms with Crippen molar-refractivity contribution >= 4 is 18.3 Å². The van der Waals surface area contributed by atoms with Gasteiger partial charge in [-0.1, -0.05) is 44.0 Å². The van der Waals surface area contributed by atoms with Gasteiger partial charge in [0.15, 0.2) is 0 Å². The van der Waals surface area contributed by atoms with E-state index in [1.165, 1.54) is 11.1 Å². The van der Waals surface area contributed by atoms with Gasteiger partial charge in [-0.3, -0.25) is 4.79 Å². The van der Waals surface area contributed by atoms with Gasteiger partial charge < -0.3 is 10.6 Å². The van der Waals surface area contributed by atoms with Crippen molar-refractivity contribution in [2.45, 2.75) is 45.6 Å². The van der Waals surface area contributed by atoms with Gasteiger partial charge in [-0.05, 0) is 30.4 Å². The van der Waals surface area contributed by atoms with Crippen LogP contribution in [-0.2, 0) is 17.8 Å². The number of nitrogens with two attached hydrogens (primary N) is 1. The molecule has 1 aliphatic carbocycles. The maximum atomic E-state index is 12.7. The van der Waals surface area contributed by atoms with Crippen LogP contribution in [0.25, 0.3) is 0 Å². The molecule has 0 aliphatic heterocycles. The number of carbonyl (C=O) groups excluding carboxylic acids is 1. The standard InChI is InChI=1S/C17H26N2O.ClH/c1-3-14-6-8-15(9-7-14)12-19(2)16(20)17(13-18)10-4-5-11-17;/h6-9H,3-5,10-13,18H2,1-2H3;1H. The largest absolute Gasteiger partial charge is 0.341 e. The molecule has 0 heterocycles. The number of carbonyl (C=O) groups is 1. The highest BCUT2D eigenvalue weighted by molar-refractivity contribution is 5.85. The summed E-state index contributed by atoms with van der Waals surface area (Å²) >= 11 is 0. The van der Waals surface area contributed by atoms with Gasteiger partial charge in [0.2, 0.25) is 5.91 Å². The number of benzene rings is 1. The van der Waals surface area contributed by atoms with Crippen LogP contribution in [0.1, 0.15) is 43.7 Å². The number of hydrogen-bond acceptors (Lipinski definition) is 2. The predicted octanol–water partition coefficient (Wildman–Crippen LogP) is 3.15. The molecule has 1 aliphatic rings. The predicted molar refractivity (Wildman–Crippen MR) is 89.5 cm³/mol. The third kappa shape index (κ3) is 3.98. The van der Waals surface area contributed by atoms with E-state index in [1.54, 1.807) is 0 Å². The molecule has 1 fully saturated rings. The van der Waals surface area contributed by atoms with E-state index in [-0.39, 0.29) is 23.7 Å². The Bertz CT molecular complexity index is 452. The van der Waals surface area contributed by atoms with E-state index in [0.29, 0.717) is 13.1 Å². The lowest BCUT2D eigenvalue weighted by atomic mass is 9.84. The van der Waals surface area contributed by atoms with Crippen LogP contribution < -0.4 is 5.73 Å². The molecule has 0 unspecified atom stereocenters. The minimum Gasteiger partial charge on any atom is -0.341 e. The fraction of sp³-hybridized carbons (Fsp3) is 0.588. The Balaban J connectivity index is 0.00000220. The van der Waals surface area contributed by atoms with Gasteiger partial charge >= 0.3 is 0 Å². The van der Waals surface area contributed by atoms with E-state index in [0.717, 1.165) is 32.1 Å². The summed E-state index contributed by atoms with van der Waals surface area (Å²) in [5.74, 6) is 0.220. The van der Waals surface area contributed by atoms with E-state index < -0.39 is 0 Å². The lowest BCUT2D eigenvalue weighted by Crippen LogP contribution is -2.44. The molecule has 1 aromatic carbocycles. The number of nitrogens with zero attached hydrogens (tertiary/aromatic N) is 1. The van der Waals surface area contributed by atoms with Crippen LogP contribution in [0.15, 0.2) is 24.3 Å². The average molecular weight is 311 g/mol. The van der Waals surface area contributed by atoms with Gasteiger partial charge in [0.05, 0.1) is 5.41 Å². The lowest BCUT2D eigenvalue weighted by Gasteiger charge is -2.31. The first-order valence-corrected chi connectivity index (χ1v) is 7.65. The van der Waals surface area contributed by atoms with Crippen LogP contribution in [0.3, 0.4) is 0 Å². The summed E-state index contributed by atoms with van der Waals surface area (Å²) in [6.07, 6.45) is 5.19. The molecule has 2 rings (SSSR count). The smallest absolute Gasteiger partial charge is 0.230 e. The Morgan fingerprint density at radius 2 is 1.71 bits per heavy atom. The van der Waals surface area contributed by atoms with Gasteiger partial charge in [0, 0.05) is 20.1 Å². The van der Waals surface area contributed by atoms with Crippen LogP contribution in [0.4, 0.5) is 0 Å². The number of aryl methyl sites for hydroxylation is 1. The molecule has 0 bridgehead atoms. The number of amides is 1. The molecular weight excluding hydrogens is 284 g/mol. The SMILES string of the molecule is CCc1ccc(CN(C)C(=O)C2(CN)CCCC2)cc1.Cl. The molecule has 0 atom stereocenters. The molecule has 21 heavy (non-hydrogen) atoms. The van der Waals surface area contributed by atoms with Crippen LogP contribution >= 0.6 is 12.4 Å². The van der Waals surface area contributed by atoms with Crippen molar-refractivity contribution in [3.63, 3.8) is 0 Å². The fourth-order valence-corrected chi connectivity index (χ4v) is 3.19. The zero-order valence-electron chi connectivity index (χ0n) is 13.1. The van der Waals surface area contributed by atoms with Crippen molar-refractivity contribution in [2.24, 2.45) is 11.1 Å². The zero-order chi connectivity index (χ0) is 14.6. The molecule has 1 aromatic rings. The van der Waals surface area contributed by atoms with E-state index in [9.17, 15) is 4.79 Å². The number of rotatable bonds is 5. The van der Waals surface area contributed by atoms with Crippen molar-refractivity contribution in [1.82, 2.24) is 4.90 Å². The molecule has 0 radical (unpaired) electrons. The second kappa shape index (κ2) is 7.81. The van der Waals surface area contributed by atoms with Gasteiger partial charge in [0.1, 0.15) is 0 Å². The second-order valence-corrected chi connectivity index (χ2v) is 6.02. The molecule has 1 amide bonds. The molecule has 1 saturated carbocycles. The molecule has 2 N–H and O–H groups in total. The van der Waals surface area contributed by atoms with Gasteiger partial charge in [0.25, 0.3) is 0 Å². The first-order valence-electron chi connectivity index (χ1n) is 7.65. The van der Waals surface area contributed by atoms with Crippen LogP contribution in [0, 0.1) is 5.41 Å². The first-order chi connectivity index (χ1) is 9.61. The van der Waals surface area contributed by atoms with Crippen LogP contribution in [0.5, 0.6) is 0 Å². The van der Waals surface area contributed by atoms with Gasteiger partial charge in [-0.25, -0.2) is 0 Å². The van der Waals surface area contributed by atoms with E-state index in [2.05, 4.69) is 31.2 Å². The Hall–Kier alpha value is -1.06. The topological polar surface area (TPSA) is 46.3 Å². The highest BCUT2D eigenvalue weighted by Gasteiger charge is 2.41. The summed E-state index contributed by atoms with van der Waals surface area (Å²) in [5, 5.41) is 0. The summed E-state index contributed by atoms with van der Waals surface area (Å²) in [7, 11) is 1.89. The van der Waals surface area contributed by atoms with Gasteiger partial charge in [-0.15, -0.1) is 12.4 Å². The molecule has 118 valence electrons.